The molecule has 150 valence electrons. The first-order valence-electron chi connectivity index (χ1n) is 12.0. The largest absolute Gasteiger partial charge is 0.0533 e. The summed E-state index contributed by atoms with van der Waals surface area (Å²) in [5.74, 6) is 0. The van der Waals surface area contributed by atoms with Gasteiger partial charge in [0.2, 0.25) is 0 Å². The van der Waals surface area contributed by atoms with Gasteiger partial charge in [0.15, 0.2) is 0 Å². The van der Waals surface area contributed by atoms with Crippen molar-refractivity contribution in [3.63, 3.8) is 0 Å². The maximum absolute atomic E-state index is 3.91. The Hall–Kier alpha value is 0. The summed E-state index contributed by atoms with van der Waals surface area (Å²) >= 11 is 0. The molecule has 0 saturated heterocycles. The normalized spacial score (nSPS) is 11.3. The summed E-state index contributed by atoms with van der Waals surface area (Å²) in [7, 11) is 0. The second kappa shape index (κ2) is 24.0. The summed E-state index contributed by atoms with van der Waals surface area (Å²) in [5, 5.41) is 0. The number of unbranched alkanes of at least 4 members (excludes halogenated alkanes) is 22. The van der Waals surface area contributed by atoms with Crippen molar-refractivity contribution in [2.75, 3.05) is 0 Å². The molecule has 0 aliphatic rings. The van der Waals surface area contributed by atoms with Gasteiger partial charge in [-0.05, 0) is 0 Å². The second-order valence-corrected chi connectivity index (χ2v) is 8.13. The molecule has 0 nitrogen and oxygen atoms in total. The van der Waals surface area contributed by atoms with E-state index in [0.717, 1.165) is 12.8 Å². The molecule has 0 atom stereocenters. The first-order chi connectivity index (χ1) is 12.4. The van der Waals surface area contributed by atoms with Gasteiger partial charge in [-0.15, -0.1) is 0 Å². The van der Waals surface area contributed by atoms with E-state index in [4.69, 9.17) is 0 Å². The molecular formula is C25H50. The van der Waals surface area contributed by atoms with Gasteiger partial charge >= 0.3 is 0 Å². The lowest BCUT2D eigenvalue weighted by Gasteiger charge is -2.04. The molecule has 0 rings (SSSR count). The lowest BCUT2D eigenvalue weighted by Crippen LogP contribution is -1.84. The third-order valence-corrected chi connectivity index (χ3v) is 5.50. The van der Waals surface area contributed by atoms with Crippen molar-refractivity contribution in [1.82, 2.24) is 0 Å². The highest BCUT2D eigenvalue weighted by Gasteiger charge is 1.95. The molecule has 0 unspecified atom stereocenters. The third kappa shape index (κ3) is 24.0. The third-order valence-electron chi connectivity index (χ3n) is 5.50. The molecule has 0 fully saturated rings. The van der Waals surface area contributed by atoms with Crippen LogP contribution in [0.2, 0.25) is 0 Å². The molecule has 0 aliphatic carbocycles. The zero-order valence-electron chi connectivity index (χ0n) is 17.7. The van der Waals surface area contributed by atoms with E-state index in [9.17, 15) is 0 Å². The highest BCUT2D eigenvalue weighted by molar-refractivity contribution is 4.51. The minimum Gasteiger partial charge on any atom is -0.0533 e. The molecule has 0 aromatic carbocycles. The Labute approximate surface area is 161 Å². The van der Waals surface area contributed by atoms with Crippen LogP contribution in [0.25, 0.3) is 0 Å². The van der Waals surface area contributed by atoms with E-state index in [1.54, 1.807) is 0 Å². The minimum absolute atomic E-state index is 1.12. The molecule has 0 aromatic rings. The van der Waals surface area contributed by atoms with Crippen LogP contribution in [0.3, 0.4) is 0 Å². The summed E-state index contributed by atoms with van der Waals surface area (Å²) in [5.41, 5.74) is 0. The van der Waals surface area contributed by atoms with Gasteiger partial charge in [0.1, 0.15) is 0 Å². The van der Waals surface area contributed by atoms with Crippen LogP contribution in [0.4, 0.5) is 0 Å². The fourth-order valence-corrected chi connectivity index (χ4v) is 3.71. The van der Waals surface area contributed by atoms with E-state index in [1.165, 1.54) is 135 Å². The van der Waals surface area contributed by atoms with Crippen molar-refractivity contribution >= 4 is 0 Å². The van der Waals surface area contributed by atoms with Crippen LogP contribution in [-0.2, 0) is 0 Å². The molecule has 0 heteroatoms. The zero-order chi connectivity index (χ0) is 18.3. The molecule has 0 saturated carbocycles. The van der Waals surface area contributed by atoms with Crippen molar-refractivity contribution in [2.45, 2.75) is 148 Å². The van der Waals surface area contributed by atoms with Crippen LogP contribution in [0.5, 0.6) is 0 Å². The van der Waals surface area contributed by atoms with E-state index in [-0.39, 0.29) is 0 Å². The Morgan fingerprint density at radius 3 is 0.440 bits per heavy atom. The van der Waals surface area contributed by atoms with E-state index in [1.807, 2.05) is 0 Å². The van der Waals surface area contributed by atoms with Crippen LogP contribution in [0.15, 0.2) is 0 Å². The SMILES string of the molecule is [CH2]CCCCCCCCCCCCCCCCCCCCCCC[CH2]. The topological polar surface area (TPSA) is 0 Å². The van der Waals surface area contributed by atoms with Gasteiger partial charge in [-0.3, -0.25) is 0 Å². The Morgan fingerprint density at radius 1 is 0.200 bits per heavy atom. The van der Waals surface area contributed by atoms with Crippen molar-refractivity contribution in [1.29, 1.82) is 0 Å². The molecule has 2 radical (unpaired) electrons. The second-order valence-electron chi connectivity index (χ2n) is 8.13. The predicted molar refractivity (Wildman–Crippen MR) is 117 cm³/mol. The number of rotatable bonds is 22. The van der Waals surface area contributed by atoms with E-state index < -0.39 is 0 Å². The van der Waals surface area contributed by atoms with Crippen molar-refractivity contribution in [3.8, 4) is 0 Å². The minimum atomic E-state index is 1.12. The maximum Gasteiger partial charge on any atom is -0.0533 e. The summed E-state index contributed by atoms with van der Waals surface area (Å²) in [6, 6.07) is 0. The Balaban J connectivity index is 2.94. The number of hydrogen-bond acceptors (Lipinski definition) is 0. The summed E-state index contributed by atoms with van der Waals surface area (Å²) < 4.78 is 0. The van der Waals surface area contributed by atoms with Crippen molar-refractivity contribution < 1.29 is 0 Å². The van der Waals surface area contributed by atoms with Gasteiger partial charge in [-0.1, -0.05) is 162 Å². The van der Waals surface area contributed by atoms with E-state index in [2.05, 4.69) is 13.8 Å². The van der Waals surface area contributed by atoms with Gasteiger partial charge in [-0.25, -0.2) is 0 Å². The van der Waals surface area contributed by atoms with Crippen LogP contribution < -0.4 is 0 Å². The lowest BCUT2D eigenvalue weighted by molar-refractivity contribution is 0.520. The Kier molecular flexibility index (Phi) is 24.0. The Bertz CT molecular complexity index is 186. The first-order valence-corrected chi connectivity index (χ1v) is 12.0. The maximum atomic E-state index is 3.91. The van der Waals surface area contributed by atoms with E-state index >= 15 is 0 Å². The molecule has 0 spiro atoms. The molecule has 25 heavy (non-hydrogen) atoms. The molecule has 0 aliphatic heterocycles. The van der Waals surface area contributed by atoms with Gasteiger partial charge in [0.05, 0.1) is 0 Å². The monoisotopic (exact) mass is 350 g/mol. The molecule has 0 bridgehead atoms. The van der Waals surface area contributed by atoms with Gasteiger partial charge in [-0.2, -0.15) is 0 Å². The standard InChI is InChI=1S/C25H50/c1-3-5-7-9-11-13-15-17-19-21-23-25-24-22-20-18-16-14-12-10-8-6-4-2/h1-25H2. The van der Waals surface area contributed by atoms with Crippen LogP contribution in [-0.4, -0.2) is 0 Å². The molecule has 0 aromatic heterocycles. The van der Waals surface area contributed by atoms with Gasteiger partial charge < -0.3 is 0 Å². The van der Waals surface area contributed by atoms with Crippen molar-refractivity contribution in [3.05, 3.63) is 13.8 Å². The van der Waals surface area contributed by atoms with Gasteiger partial charge in [0, 0.05) is 0 Å². The summed E-state index contributed by atoms with van der Waals surface area (Å²) in [6.45, 7) is 7.81. The first kappa shape index (κ1) is 25.0. The highest BCUT2D eigenvalue weighted by atomic mass is 14.0. The highest BCUT2D eigenvalue weighted by Crippen LogP contribution is 2.15. The van der Waals surface area contributed by atoms with Crippen molar-refractivity contribution in [2.24, 2.45) is 0 Å². The van der Waals surface area contributed by atoms with Crippen LogP contribution in [0, 0.1) is 13.8 Å². The fourth-order valence-electron chi connectivity index (χ4n) is 3.71. The van der Waals surface area contributed by atoms with E-state index in [0.29, 0.717) is 0 Å². The average molecular weight is 351 g/mol. The van der Waals surface area contributed by atoms with Crippen LogP contribution >= 0.6 is 0 Å². The zero-order valence-corrected chi connectivity index (χ0v) is 17.7. The smallest absolute Gasteiger partial charge is 0.0533 e. The average Bonchev–Trinajstić information content (AvgIpc) is 2.63. The fraction of sp³-hybridized carbons (Fsp3) is 0.920. The Morgan fingerprint density at radius 2 is 0.320 bits per heavy atom. The van der Waals surface area contributed by atoms with Crippen LogP contribution in [0.1, 0.15) is 148 Å². The lowest BCUT2D eigenvalue weighted by atomic mass is 10.0. The quantitative estimate of drug-likeness (QED) is 0.170. The number of hydrogen-bond donors (Lipinski definition) is 0. The molecule has 0 amide bonds. The molecule has 0 heterocycles. The molecular weight excluding hydrogens is 300 g/mol. The summed E-state index contributed by atoms with van der Waals surface area (Å²) in [6.07, 6.45) is 32.7. The predicted octanol–water partition coefficient (Wildman–Crippen LogP) is 9.63. The van der Waals surface area contributed by atoms with Gasteiger partial charge in [0.25, 0.3) is 0 Å². The molecule has 0 N–H and O–H groups in total. The summed E-state index contributed by atoms with van der Waals surface area (Å²) in [4.78, 5) is 0.